The largest absolute Gasteiger partial charge is 0.372 e. The highest BCUT2D eigenvalue weighted by atomic mass is 16.5. The average molecular weight is 195 g/mol. The zero-order chi connectivity index (χ0) is 11.0. The molecule has 2 heteroatoms. The van der Waals surface area contributed by atoms with Crippen molar-refractivity contribution in [2.24, 2.45) is 0 Å². The Kier molecular flexibility index (Phi) is 6.96. The lowest BCUT2D eigenvalue weighted by atomic mass is 10.2. The Labute approximate surface area is 87.9 Å². The van der Waals surface area contributed by atoms with Crippen LogP contribution in [0.2, 0.25) is 0 Å². The summed E-state index contributed by atoms with van der Waals surface area (Å²) in [6.45, 7) is 11.0. The molecule has 0 aromatic rings. The number of methoxy groups -OCH3 is 1. The summed E-state index contributed by atoms with van der Waals surface area (Å²) < 4.78 is 4.90. The van der Waals surface area contributed by atoms with Gasteiger partial charge in [-0.25, -0.2) is 0 Å². The molecule has 0 aromatic carbocycles. The molecular formula is C12H21NO. The Balaban J connectivity index is 4.64. The molecule has 0 fully saturated rings. The standard InChI is InChI=1S/C12H21NO/c1-6-13(7-2)12(11(3)4)9-8-10-14-5/h6-7,10H2,1-5H3. The number of hydrogen-bond donors (Lipinski definition) is 0. The van der Waals surface area contributed by atoms with E-state index in [9.17, 15) is 0 Å². The highest BCUT2D eigenvalue weighted by Crippen LogP contribution is 2.08. The molecule has 0 aliphatic carbocycles. The summed E-state index contributed by atoms with van der Waals surface area (Å²) in [6.07, 6.45) is 0. The highest BCUT2D eigenvalue weighted by Gasteiger charge is 2.03. The van der Waals surface area contributed by atoms with Crippen LogP contribution in [0.15, 0.2) is 11.3 Å². The van der Waals surface area contributed by atoms with Crippen molar-refractivity contribution in [1.82, 2.24) is 4.90 Å². The minimum Gasteiger partial charge on any atom is -0.372 e. The smallest absolute Gasteiger partial charge is 0.107 e. The third kappa shape index (κ3) is 4.34. The number of ether oxygens (including phenoxy) is 1. The minimum atomic E-state index is 0.498. The second-order valence-electron chi connectivity index (χ2n) is 3.26. The lowest BCUT2D eigenvalue weighted by Crippen LogP contribution is -2.22. The van der Waals surface area contributed by atoms with Crippen LogP contribution in [-0.4, -0.2) is 31.7 Å². The van der Waals surface area contributed by atoms with E-state index < -0.39 is 0 Å². The van der Waals surface area contributed by atoms with Crippen molar-refractivity contribution in [3.05, 3.63) is 11.3 Å². The van der Waals surface area contributed by atoms with Gasteiger partial charge in [0, 0.05) is 20.2 Å². The zero-order valence-corrected chi connectivity index (χ0v) is 9.98. The molecule has 0 atom stereocenters. The van der Waals surface area contributed by atoms with E-state index in [4.69, 9.17) is 4.74 Å². The van der Waals surface area contributed by atoms with Crippen molar-refractivity contribution in [2.75, 3.05) is 26.8 Å². The first-order chi connectivity index (χ1) is 6.67. The second kappa shape index (κ2) is 7.46. The molecule has 0 saturated heterocycles. The van der Waals surface area contributed by atoms with Crippen LogP contribution in [0.3, 0.4) is 0 Å². The summed E-state index contributed by atoms with van der Waals surface area (Å²) in [5.41, 5.74) is 2.39. The minimum absolute atomic E-state index is 0.498. The number of nitrogens with zero attached hydrogens (tertiary/aromatic N) is 1. The van der Waals surface area contributed by atoms with Gasteiger partial charge in [-0.3, -0.25) is 0 Å². The Hall–Kier alpha value is -0.940. The summed E-state index contributed by atoms with van der Waals surface area (Å²) in [5.74, 6) is 6.15. The summed E-state index contributed by atoms with van der Waals surface area (Å²) in [5, 5.41) is 0. The Morgan fingerprint density at radius 1 is 1.21 bits per heavy atom. The van der Waals surface area contributed by atoms with E-state index in [-0.39, 0.29) is 0 Å². The highest BCUT2D eigenvalue weighted by molar-refractivity contribution is 5.31. The van der Waals surface area contributed by atoms with Crippen LogP contribution < -0.4 is 0 Å². The van der Waals surface area contributed by atoms with E-state index in [1.54, 1.807) is 7.11 Å². The maximum absolute atomic E-state index is 4.90. The van der Waals surface area contributed by atoms with Crippen LogP contribution in [0.5, 0.6) is 0 Å². The van der Waals surface area contributed by atoms with Crippen molar-refractivity contribution < 1.29 is 4.74 Å². The first-order valence-electron chi connectivity index (χ1n) is 5.07. The molecule has 0 radical (unpaired) electrons. The molecule has 14 heavy (non-hydrogen) atoms. The molecule has 0 aromatic heterocycles. The van der Waals surface area contributed by atoms with Gasteiger partial charge in [0.2, 0.25) is 0 Å². The van der Waals surface area contributed by atoms with E-state index in [0.717, 1.165) is 18.8 Å². The third-order valence-electron chi connectivity index (χ3n) is 1.98. The SMILES string of the molecule is CCN(CC)C(C#CCOC)=C(C)C. The molecule has 0 aliphatic heterocycles. The number of allylic oxidation sites excluding steroid dienone is 2. The molecule has 0 bridgehead atoms. The van der Waals surface area contributed by atoms with Crippen molar-refractivity contribution in [2.45, 2.75) is 27.7 Å². The fraction of sp³-hybridized carbons (Fsp3) is 0.667. The fourth-order valence-electron chi connectivity index (χ4n) is 1.25. The zero-order valence-electron chi connectivity index (χ0n) is 9.98. The molecular weight excluding hydrogens is 174 g/mol. The van der Waals surface area contributed by atoms with Gasteiger partial charge in [-0.2, -0.15) is 0 Å². The normalized spacial score (nSPS) is 8.93. The van der Waals surface area contributed by atoms with Gasteiger partial charge in [-0.1, -0.05) is 5.92 Å². The lowest BCUT2D eigenvalue weighted by molar-refractivity contribution is 0.239. The van der Waals surface area contributed by atoms with Crippen molar-refractivity contribution >= 4 is 0 Å². The van der Waals surface area contributed by atoms with E-state index in [2.05, 4.69) is 44.4 Å². The molecule has 0 amide bonds. The Morgan fingerprint density at radius 3 is 2.14 bits per heavy atom. The molecule has 0 saturated carbocycles. The van der Waals surface area contributed by atoms with Gasteiger partial charge in [0.05, 0.1) is 5.70 Å². The van der Waals surface area contributed by atoms with Crippen molar-refractivity contribution in [3.8, 4) is 11.8 Å². The average Bonchev–Trinajstić information content (AvgIpc) is 2.17. The summed E-state index contributed by atoms with van der Waals surface area (Å²) in [6, 6.07) is 0. The molecule has 0 rings (SSSR count). The molecule has 0 spiro atoms. The van der Waals surface area contributed by atoms with E-state index in [0.29, 0.717) is 6.61 Å². The monoisotopic (exact) mass is 195 g/mol. The first kappa shape index (κ1) is 13.1. The fourth-order valence-corrected chi connectivity index (χ4v) is 1.25. The maximum Gasteiger partial charge on any atom is 0.107 e. The first-order valence-corrected chi connectivity index (χ1v) is 5.07. The summed E-state index contributed by atoms with van der Waals surface area (Å²) in [4.78, 5) is 2.26. The van der Waals surface area contributed by atoms with E-state index >= 15 is 0 Å². The third-order valence-corrected chi connectivity index (χ3v) is 1.98. The second-order valence-corrected chi connectivity index (χ2v) is 3.26. The quantitative estimate of drug-likeness (QED) is 0.638. The summed E-state index contributed by atoms with van der Waals surface area (Å²) in [7, 11) is 1.66. The predicted octanol–water partition coefficient (Wildman–Crippen LogP) is 2.27. The van der Waals surface area contributed by atoms with Crippen LogP contribution >= 0.6 is 0 Å². The van der Waals surface area contributed by atoms with Gasteiger partial charge in [-0.05, 0) is 39.2 Å². The maximum atomic E-state index is 4.90. The van der Waals surface area contributed by atoms with Gasteiger partial charge in [0.1, 0.15) is 6.61 Å². The van der Waals surface area contributed by atoms with E-state index in [1.807, 2.05) is 0 Å². The Bertz CT molecular complexity index is 237. The van der Waals surface area contributed by atoms with E-state index in [1.165, 1.54) is 5.57 Å². The van der Waals surface area contributed by atoms with Crippen LogP contribution in [0.25, 0.3) is 0 Å². The molecule has 0 N–H and O–H groups in total. The van der Waals surface area contributed by atoms with Gasteiger partial charge >= 0.3 is 0 Å². The van der Waals surface area contributed by atoms with Gasteiger partial charge < -0.3 is 9.64 Å². The van der Waals surface area contributed by atoms with Crippen LogP contribution in [-0.2, 0) is 4.74 Å². The number of hydrogen-bond acceptors (Lipinski definition) is 2. The van der Waals surface area contributed by atoms with Gasteiger partial charge in [-0.15, -0.1) is 0 Å². The Morgan fingerprint density at radius 2 is 1.79 bits per heavy atom. The van der Waals surface area contributed by atoms with Crippen LogP contribution in [0.1, 0.15) is 27.7 Å². The topological polar surface area (TPSA) is 12.5 Å². The van der Waals surface area contributed by atoms with Gasteiger partial charge in [0.25, 0.3) is 0 Å². The molecule has 2 nitrogen and oxygen atoms in total. The molecule has 80 valence electrons. The van der Waals surface area contributed by atoms with Gasteiger partial charge in [0.15, 0.2) is 0 Å². The molecule has 0 unspecified atom stereocenters. The van der Waals surface area contributed by atoms with Crippen molar-refractivity contribution in [1.29, 1.82) is 0 Å². The molecule has 0 heterocycles. The van der Waals surface area contributed by atoms with Crippen molar-refractivity contribution in [3.63, 3.8) is 0 Å². The lowest BCUT2D eigenvalue weighted by Gasteiger charge is -2.21. The van der Waals surface area contributed by atoms with Crippen LogP contribution in [0, 0.1) is 11.8 Å². The number of rotatable bonds is 4. The van der Waals surface area contributed by atoms with Crippen LogP contribution in [0.4, 0.5) is 0 Å². The predicted molar refractivity (Wildman–Crippen MR) is 60.9 cm³/mol. The molecule has 0 aliphatic rings. The summed E-state index contributed by atoms with van der Waals surface area (Å²) >= 11 is 0.